The summed E-state index contributed by atoms with van der Waals surface area (Å²) in [7, 11) is 0. The minimum Gasteiger partial charge on any atom is -0.482 e. The van der Waals surface area contributed by atoms with Crippen LogP contribution in [-0.2, 0) is 16.0 Å². The summed E-state index contributed by atoms with van der Waals surface area (Å²) in [4.78, 5) is 27.5. The summed E-state index contributed by atoms with van der Waals surface area (Å²) in [5, 5.41) is 16.0. The van der Waals surface area contributed by atoms with Gasteiger partial charge in [0.1, 0.15) is 5.75 Å². The number of aromatic nitrogens is 1. The molecule has 0 radical (unpaired) electrons. The van der Waals surface area contributed by atoms with Crippen LogP contribution < -0.4 is 15.4 Å². The van der Waals surface area contributed by atoms with E-state index < -0.39 is 12.6 Å². The highest BCUT2D eigenvalue weighted by Gasteiger charge is 2.28. The zero-order valence-electron chi connectivity index (χ0n) is 13.3. The van der Waals surface area contributed by atoms with Gasteiger partial charge in [-0.15, -0.1) is 0 Å². The molecule has 3 N–H and O–H groups in total. The summed E-state index contributed by atoms with van der Waals surface area (Å²) in [6, 6.07) is 4.84. The second-order valence-corrected chi connectivity index (χ2v) is 6.98. The Morgan fingerprint density at radius 2 is 2.32 bits per heavy atom. The maximum absolute atomic E-state index is 11.3. The number of hydrogen-bond donors (Lipinski definition) is 3. The van der Waals surface area contributed by atoms with Gasteiger partial charge < -0.3 is 20.5 Å². The molecule has 0 bridgehead atoms. The van der Waals surface area contributed by atoms with Crippen molar-refractivity contribution >= 4 is 39.9 Å². The topological polar surface area (TPSA) is 101 Å². The molecule has 0 spiro atoms. The fourth-order valence-electron chi connectivity index (χ4n) is 2.67. The van der Waals surface area contributed by atoms with Gasteiger partial charge in [0.05, 0.1) is 16.6 Å². The normalized spacial score (nSPS) is 16.2. The Kier molecular flexibility index (Phi) is 5.22. The average molecular weight is 382 g/mol. The zero-order chi connectivity index (χ0) is 18.0. The monoisotopic (exact) mass is 381 g/mol. The Bertz CT molecular complexity index is 824. The van der Waals surface area contributed by atoms with Crippen molar-refractivity contribution in [3.63, 3.8) is 0 Å². The standard InChI is InChI=1S/C16H16ClN3O4S/c1-8(21)19-16-20-11-4-5-18-14(15(11)25-16)10-6-9(17)2-3-12(10)24-7-13(22)23/h2-3,6,14,18H,4-5,7H2,1H3,(H,22,23)(H,19,20,21). The minimum atomic E-state index is -1.05. The summed E-state index contributed by atoms with van der Waals surface area (Å²) in [6.45, 7) is 1.70. The largest absolute Gasteiger partial charge is 0.482 e. The van der Waals surface area contributed by atoms with Crippen LogP contribution in [-0.4, -0.2) is 35.1 Å². The number of ether oxygens (including phenoxy) is 1. The molecule has 2 aromatic rings. The number of fused-ring (bicyclic) bond motifs is 1. The second-order valence-electron chi connectivity index (χ2n) is 5.51. The van der Waals surface area contributed by atoms with E-state index in [0.717, 1.165) is 22.6 Å². The molecular weight excluding hydrogens is 366 g/mol. The van der Waals surface area contributed by atoms with Gasteiger partial charge in [0, 0.05) is 30.5 Å². The Balaban J connectivity index is 1.97. The number of carboxylic acid groups (broad SMARTS) is 1. The molecule has 9 heteroatoms. The maximum Gasteiger partial charge on any atom is 0.341 e. The summed E-state index contributed by atoms with van der Waals surface area (Å²) in [6.07, 6.45) is 0.744. The number of carboxylic acids is 1. The van der Waals surface area contributed by atoms with Crippen LogP contribution in [0.5, 0.6) is 5.75 Å². The van der Waals surface area contributed by atoms with E-state index in [9.17, 15) is 9.59 Å². The van der Waals surface area contributed by atoms with Gasteiger partial charge in [-0.3, -0.25) is 4.79 Å². The van der Waals surface area contributed by atoms with E-state index in [1.165, 1.54) is 18.3 Å². The Hall–Kier alpha value is -2.16. The molecule has 2 heterocycles. The van der Waals surface area contributed by atoms with Gasteiger partial charge in [0.15, 0.2) is 11.7 Å². The van der Waals surface area contributed by atoms with Crippen molar-refractivity contribution in [2.75, 3.05) is 18.5 Å². The summed E-state index contributed by atoms with van der Waals surface area (Å²) in [5.74, 6) is -0.778. The van der Waals surface area contributed by atoms with Crippen LogP contribution in [0.1, 0.15) is 29.1 Å². The first-order chi connectivity index (χ1) is 11.9. The van der Waals surface area contributed by atoms with Gasteiger partial charge in [-0.1, -0.05) is 22.9 Å². The van der Waals surface area contributed by atoms with E-state index in [1.807, 2.05) is 0 Å². The van der Waals surface area contributed by atoms with Crippen molar-refractivity contribution in [1.29, 1.82) is 0 Å². The van der Waals surface area contributed by atoms with Gasteiger partial charge in [-0.25, -0.2) is 9.78 Å². The lowest BCUT2D eigenvalue weighted by Gasteiger charge is -2.25. The molecular formula is C16H16ClN3O4S. The number of hydrogen-bond acceptors (Lipinski definition) is 6. The van der Waals surface area contributed by atoms with Crippen molar-refractivity contribution < 1.29 is 19.4 Å². The Labute approximate surface area is 153 Å². The van der Waals surface area contributed by atoms with E-state index in [-0.39, 0.29) is 11.9 Å². The number of carbonyl (C=O) groups is 2. The molecule has 1 aromatic heterocycles. The van der Waals surface area contributed by atoms with Crippen molar-refractivity contribution in [2.24, 2.45) is 0 Å². The van der Waals surface area contributed by atoms with Crippen LogP contribution in [0.15, 0.2) is 18.2 Å². The molecule has 0 saturated heterocycles. The minimum absolute atomic E-state index is 0.177. The fraction of sp³-hybridized carbons (Fsp3) is 0.312. The summed E-state index contributed by atoms with van der Waals surface area (Å²) >= 11 is 7.52. The number of carbonyl (C=O) groups excluding carboxylic acids is 1. The lowest BCUT2D eigenvalue weighted by Crippen LogP contribution is -2.30. The van der Waals surface area contributed by atoms with Gasteiger partial charge in [0.2, 0.25) is 5.91 Å². The molecule has 3 rings (SSSR count). The summed E-state index contributed by atoms with van der Waals surface area (Å²) in [5.41, 5.74) is 1.65. The maximum atomic E-state index is 11.3. The van der Waals surface area contributed by atoms with Crippen molar-refractivity contribution in [1.82, 2.24) is 10.3 Å². The average Bonchev–Trinajstić information content (AvgIpc) is 2.94. The van der Waals surface area contributed by atoms with Crippen LogP contribution >= 0.6 is 22.9 Å². The molecule has 1 unspecified atom stereocenters. The van der Waals surface area contributed by atoms with Crippen LogP contribution in [0.25, 0.3) is 0 Å². The number of rotatable bonds is 5. The van der Waals surface area contributed by atoms with Gasteiger partial charge in [-0.05, 0) is 18.2 Å². The number of amides is 1. The highest BCUT2D eigenvalue weighted by atomic mass is 35.5. The third-order valence-corrected chi connectivity index (χ3v) is 4.93. The Morgan fingerprint density at radius 1 is 1.52 bits per heavy atom. The lowest BCUT2D eigenvalue weighted by atomic mass is 9.99. The highest BCUT2D eigenvalue weighted by Crippen LogP contribution is 2.39. The van der Waals surface area contributed by atoms with Crippen molar-refractivity contribution in [3.8, 4) is 5.75 Å². The molecule has 7 nitrogen and oxygen atoms in total. The summed E-state index contributed by atoms with van der Waals surface area (Å²) < 4.78 is 5.41. The van der Waals surface area contributed by atoms with E-state index in [4.69, 9.17) is 21.4 Å². The van der Waals surface area contributed by atoms with E-state index in [1.54, 1.807) is 18.2 Å². The predicted octanol–water partition coefficient (Wildman–Crippen LogP) is 2.45. The lowest BCUT2D eigenvalue weighted by molar-refractivity contribution is -0.139. The number of anilines is 1. The van der Waals surface area contributed by atoms with Crippen molar-refractivity contribution in [2.45, 2.75) is 19.4 Å². The first-order valence-corrected chi connectivity index (χ1v) is 8.78. The molecule has 1 aliphatic rings. The first-order valence-electron chi connectivity index (χ1n) is 7.58. The molecule has 25 heavy (non-hydrogen) atoms. The van der Waals surface area contributed by atoms with Crippen LogP contribution in [0.3, 0.4) is 0 Å². The Morgan fingerprint density at radius 3 is 3.04 bits per heavy atom. The van der Waals surface area contributed by atoms with Crippen LogP contribution in [0, 0.1) is 0 Å². The van der Waals surface area contributed by atoms with Gasteiger partial charge in [-0.2, -0.15) is 0 Å². The van der Waals surface area contributed by atoms with E-state index in [2.05, 4.69) is 15.6 Å². The number of halogens is 1. The highest BCUT2D eigenvalue weighted by molar-refractivity contribution is 7.16. The number of aliphatic carboxylic acids is 1. The second kappa shape index (κ2) is 7.38. The van der Waals surface area contributed by atoms with Crippen molar-refractivity contribution in [3.05, 3.63) is 39.4 Å². The fourth-order valence-corrected chi connectivity index (χ4v) is 4.00. The van der Waals surface area contributed by atoms with Crippen LogP contribution in [0.4, 0.5) is 5.13 Å². The zero-order valence-corrected chi connectivity index (χ0v) is 14.9. The van der Waals surface area contributed by atoms with Crippen LogP contribution in [0.2, 0.25) is 5.02 Å². The molecule has 1 aromatic carbocycles. The van der Waals surface area contributed by atoms with E-state index in [0.29, 0.717) is 22.4 Å². The van der Waals surface area contributed by atoms with Gasteiger partial charge in [0.25, 0.3) is 0 Å². The van der Waals surface area contributed by atoms with Gasteiger partial charge >= 0.3 is 5.97 Å². The number of benzene rings is 1. The molecule has 1 amide bonds. The quantitative estimate of drug-likeness (QED) is 0.735. The third-order valence-electron chi connectivity index (χ3n) is 3.62. The molecule has 132 valence electrons. The third kappa shape index (κ3) is 4.09. The molecule has 1 aliphatic heterocycles. The SMILES string of the molecule is CC(=O)Nc1nc2c(s1)C(c1cc(Cl)ccc1OCC(=O)O)NCC2. The van der Waals surface area contributed by atoms with E-state index >= 15 is 0 Å². The molecule has 0 fully saturated rings. The molecule has 0 saturated carbocycles. The smallest absolute Gasteiger partial charge is 0.341 e. The molecule has 0 aliphatic carbocycles. The predicted molar refractivity (Wildman–Crippen MR) is 94.6 cm³/mol. The number of nitrogens with one attached hydrogen (secondary N) is 2. The first kappa shape index (κ1) is 17.7. The number of thiazole rings is 1. The molecule has 1 atom stereocenters. The number of nitrogens with zero attached hydrogens (tertiary/aromatic N) is 1.